The van der Waals surface area contributed by atoms with Crippen LogP contribution in [0.25, 0.3) is 0 Å². The van der Waals surface area contributed by atoms with Crippen LogP contribution in [0.4, 0.5) is 0 Å². The van der Waals surface area contributed by atoms with Gasteiger partial charge in [-0.1, -0.05) is 39.0 Å². The van der Waals surface area contributed by atoms with Crippen molar-refractivity contribution in [2.24, 2.45) is 0 Å². The molecular weight excluding hydrogens is 220 g/mol. The van der Waals surface area contributed by atoms with Gasteiger partial charge in [-0.25, -0.2) is 0 Å². The molecule has 100 valence electrons. The molecule has 2 heteroatoms. The van der Waals surface area contributed by atoms with E-state index in [0.717, 1.165) is 19.6 Å². The van der Waals surface area contributed by atoms with Gasteiger partial charge in [0.15, 0.2) is 0 Å². The van der Waals surface area contributed by atoms with Crippen molar-refractivity contribution in [3.05, 3.63) is 34.9 Å². The SMILES string of the molecule is Cc1ccc(C(C)(C)C)cc1CNC1CCNC1. The van der Waals surface area contributed by atoms with E-state index < -0.39 is 0 Å². The Hall–Kier alpha value is -0.860. The lowest BCUT2D eigenvalue weighted by Gasteiger charge is -2.21. The third kappa shape index (κ3) is 3.33. The van der Waals surface area contributed by atoms with E-state index in [1.54, 1.807) is 0 Å². The van der Waals surface area contributed by atoms with Crippen LogP contribution < -0.4 is 10.6 Å². The molecule has 18 heavy (non-hydrogen) atoms. The van der Waals surface area contributed by atoms with Crippen LogP contribution in [0.15, 0.2) is 18.2 Å². The molecule has 0 aromatic heterocycles. The highest BCUT2D eigenvalue weighted by atomic mass is 15.0. The summed E-state index contributed by atoms with van der Waals surface area (Å²) in [6.45, 7) is 12.3. The van der Waals surface area contributed by atoms with Crippen molar-refractivity contribution in [3.8, 4) is 0 Å². The van der Waals surface area contributed by atoms with E-state index >= 15 is 0 Å². The Labute approximate surface area is 111 Å². The van der Waals surface area contributed by atoms with Crippen molar-refractivity contribution < 1.29 is 0 Å². The van der Waals surface area contributed by atoms with Crippen LogP contribution in [0.2, 0.25) is 0 Å². The highest BCUT2D eigenvalue weighted by molar-refractivity contribution is 5.34. The number of aryl methyl sites for hydroxylation is 1. The second-order valence-corrected chi connectivity index (χ2v) is 6.46. The summed E-state index contributed by atoms with van der Waals surface area (Å²) in [5.74, 6) is 0. The highest BCUT2D eigenvalue weighted by Crippen LogP contribution is 2.24. The van der Waals surface area contributed by atoms with E-state index in [4.69, 9.17) is 0 Å². The largest absolute Gasteiger partial charge is 0.315 e. The molecular formula is C16H26N2. The highest BCUT2D eigenvalue weighted by Gasteiger charge is 2.16. The molecule has 1 fully saturated rings. The maximum absolute atomic E-state index is 3.65. The maximum Gasteiger partial charge on any atom is 0.0211 e. The van der Waals surface area contributed by atoms with Crippen LogP contribution in [0.3, 0.4) is 0 Å². The molecule has 0 bridgehead atoms. The first-order valence-corrected chi connectivity index (χ1v) is 7.01. The summed E-state index contributed by atoms with van der Waals surface area (Å²) in [4.78, 5) is 0. The van der Waals surface area contributed by atoms with E-state index in [1.807, 2.05) is 0 Å². The predicted molar refractivity (Wildman–Crippen MR) is 78.0 cm³/mol. The Balaban J connectivity index is 2.06. The van der Waals surface area contributed by atoms with Crippen molar-refractivity contribution in [3.63, 3.8) is 0 Å². The van der Waals surface area contributed by atoms with Gasteiger partial charge in [0.2, 0.25) is 0 Å². The third-order valence-corrected chi connectivity index (χ3v) is 3.86. The van der Waals surface area contributed by atoms with Gasteiger partial charge >= 0.3 is 0 Å². The molecule has 2 nitrogen and oxygen atoms in total. The van der Waals surface area contributed by atoms with Gasteiger partial charge in [0.05, 0.1) is 0 Å². The van der Waals surface area contributed by atoms with Crippen molar-refractivity contribution >= 4 is 0 Å². The minimum atomic E-state index is 0.233. The lowest BCUT2D eigenvalue weighted by Crippen LogP contribution is -2.30. The number of nitrogens with one attached hydrogen (secondary N) is 2. The molecule has 1 aromatic rings. The summed E-state index contributed by atoms with van der Waals surface area (Å²) in [6.07, 6.45) is 1.25. The average Bonchev–Trinajstić information content (AvgIpc) is 2.79. The molecule has 1 heterocycles. The lowest BCUT2D eigenvalue weighted by atomic mass is 9.85. The fourth-order valence-corrected chi connectivity index (χ4v) is 2.41. The first-order valence-electron chi connectivity index (χ1n) is 7.01. The van der Waals surface area contributed by atoms with Crippen molar-refractivity contribution in [2.75, 3.05) is 13.1 Å². The van der Waals surface area contributed by atoms with Crippen molar-refractivity contribution in [1.82, 2.24) is 10.6 Å². The zero-order valence-corrected chi connectivity index (χ0v) is 12.1. The Bertz CT molecular complexity index is 398. The lowest BCUT2D eigenvalue weighted by molar-refractivity contribution is 0.543. The van der Waals surface area contributed by atoms with Gasteiger partial charge in [-0.3, -0.25) is 0 Å². The Morgan fingerprint density at radius 2 is 2.11 bits per heavy atom. The zero-order valence-electron chi connectivity index (χ0n) is 12.1. The molecule has 1 unspecified atom stereocenters. The number of rotatable bonds is 3. The van der Waals surface area contributed by atoms with Crippen LogP contribution in [-0.4, -0.2) is 19.1 Å². The van der Waals surface area contributed by atoms with Gasteiger partial charge in [-0.05, 0) is 42.0 Å². The summed E-state index contributed by atoms with van der Waals surface area (Å²) in [7, 11) is 0. The smallest absolute Gasteiger partial charge is 0.0211 e. The number of hydrogen-bond donors (Lipinski definition) is 2. The average molecular weight is 246 g/mol. The number of hydrogen-bond acceptors (Lipinski definition) is 2. The Kier molecular flexibility index (Phi) is 4.08. The second-order valence-electron chi connectivity index (χ2n) is 6.46. The number of benzene rings is 1. The summed E-state index contributed by atoms with van der Waals surface area (Å²) < 4.78 is 0. The van der Waals surface area contributed by atoms with Crippen LogP contribution in [0.5, 0.6) is 0 Å². The third-order valence-electron chi connectivity index (χ3n) is 3.86. The molecule has 0 aliphatic carbocycles. The first kappa shape index (κ1) is 13.6. The zero-order chi connectivity index (χ0) is 13.2. The van der Waals surface area contributed by atoms with Gasteiger partial charge in [-0.15, -0.1) is 0 Å². The molecule has 0 saturated carbocycles. The normalized spacial score (nSPS) is 20.3. The molecule has 2 rings (SSSR count). The Morgan fingerprint density at radius 3 is 2.72 bits per heavy atom. The van der Waals surface area contributed by atoms with Crippen LogP contribution in [-0.2, 0) is 12.0 Å². The van der Waals surface area contributed by atoms with Gasteiger partial charge < -0.3 is 10.6 Å². The van der Waals surface area contributed by atoms with E-state index in [-0.39, 0.29) is 5.41 Å². The first-order chi connectivity index (χ1) is 8.47. The molecule has 1 aliphatic rings. The minimum absolute atomic E-state index is 0.233. The van der Waals surface area contributed by atoms with E-state index in [9.17, 15) is 0 Å². The summed E-state index contributed by atoms with van der Waals surface area (Å²) in [5.41, 5.74) is 4.49. The van der Waals surface area contributed by atoms with Gasteiger partial charge in [-0.2, -0.15) is 0 Å². The van der Waals surface area contributed by atoms with Crippen LogP contribution in [0.1, 0.15) is 43.9 Å². The van der Waals surface area contributed by atoms with Gasteiger partial charge in [0, 0.05) is 19.1 Å². The van der Waals surface area contributed by atoms with Gasteiger partial charge in [0.25, 0.3) is 0 Å². The van der Waals surface area contributed by atoms with E-state index in [1.165, 1.54) is 23.1 Å². The fourth-order valence-electron chi connectivity index (χ4n) is 2.41. The predicted octanol–water partition coefficient (Wildman–Crippen LogP) is 2.74. The monoisotopic (exact) mass is 246 g/mol. The quantitative estimate of drug-likeness (QED) is 0.857. The fraction of sp³-hybridized carbons (Fsp3) is 0.625. The molecule has 2 N–H and O–H groups in total. The molecule has 1 aromatic carbocycles. The molecule has 0 spiro atoms. The minimum Gasteiger partial charge on any atom is -0.315 e. The molecule has 0 radical (unpaired) electrons. The maximum atomic E-state index is 3.65. The Morgan fingerprint density at radius 1 is 1.33 bits per heavy atom. The van der Waals surface area contributed by atoms with E-state index in [2.05, 4.69) is 56.5 Å². The van der Waals surface area contributed by atoms with Gasteiger partial charge in [0.1, 0.15) is 0 Å². The topological polar surface area (TPSA) is 24.1 Å². The molecule has 1 saturated heterocycles. The molecule has 1 atom stereocenters. The summed E-state index contributed by atoms with van der Waals surface area (Å²) in [5, 5.41) is 7.05. The standard InChI is InChI=1S/C16H26N2/c1-12-5-6-14(16(2,3)4)9-13(12)10-18-15-7-8-17-11-15/h5-6,9,15,17-18H,7-8,10-11H2,1-4H3. The molecule has 0 amide bonds. The second kappa shape index (κ2) is 5.41. The van der Waals surface area contributed by atoms with Crippen molar-refractivity contribution in [1.29, 1.82) is 0 Å². The summed E-state index contributed by atoms with van der Waals surface area (Å²) in [6, 6.07) is 7.52. The molecule has 1 aliphatic heterocycles. The van der Waals surface area contributed by atoms with Crippen LogP contribution in [0, 0.1) is 6.92 Å². The summed E-state index contributed by atoms with van der Waals surface area (Å²) >= 11 is 0. The van der Waals surface area contributed by atoms with Crippen molar-refractivity contribution in [2.45, 2.75) is 52.1 Å². The van der Waals surface area contributed by atoms with Crippen LogP contribution >= 0.6 is 0 Å². The van der Waals surface area contributed by atoms with E-state index in [0.29, 0.717) is 6.04 Å².